The van der Waals surface area contributed by atoms with E-state index in [-0.39, 0.29) is 23.0 Å². The Morgan fingerprint density at radius 1 is 1.13 bits per heavy atom. The molecule has 1 aromatic carbocycles. The van der Waals surface area contributed by atoms with Crippen LogP contribution in [0.25, 0.3) is 22.6 Å². The number of benzene rings is 1. The van der Waals surface area contributed by atoms with Crippen LogP contribution in [0.5, 0.6) is 5.75 Å². The molecule has 4 heterocycles. The summed E-state index contributed by atoms with van der Waals surface area (Å²) in [5.74, 6) is 0.213. The summed E-state index contributed by atoms with van der Waals surface area (Å²) in [4.78, 5) is 8.55. The number of aromatic nitrogens is 6. The van der Waals surface area contributed by atoms with E-state index < -0.39 is 11.9 Å². The Labute approximate surface area is 172 Å². The van der Waals surface area contributed by atoms with Crippen LogP contribution in [0.2, 0.25) is 0 Å². The zero-order valence-corrected chi connectivity index (χ0v) is 15.8. The summed E-state index contributed by atoms with van der Waals surface area (Å²) in [7, 11) is 0. The van der Waals surface area contributed by atoms with Gasteiger partial charge >= 0.3 is 6.18 Å². The lowest BCUT2D eigenvalue weighted by Gasteiger charge is -2.09. The molecule has 158 valence electrons. The SMILES string of the molecule is Fc1ccc2c(c1)OC[C@@H]2Cn1cnc(-c2cc(-c3nn[nH]c3C(F)(F)F)ccn2)c1. The number of hydrogen-bond acceptors (Lipinski definition) is 5. The second kappa shape index (κ2) is 7.18. The highest BCUT2D eigenvalue weighted by Gasteiger charge is 2.37. The van der Waals surface area contributed by atoms with Crippen LogP contribution in [0.15, 0.2) is 49.1 Å². The molecule has 5 rings (SSSR count). The maximum absolute atomic E-state index is 13.4. The van der Waals surface area contributed by atoms with Crippen molar-refractivity contribution in [3.8, 4) is 28.4 Å². The molecule has 0 unspecified atom stereocenters. The Kier molecular flexibility index (Phi) is 4.45. The molecule has 0 amide bonds. The first-order valence-electron chi connectivity index (χ1n) is 9.27. The van der Waals surface area contributed by atoms with E-state index in [1.165, 1.54) is 30.5 Å². The highest BCUT2D eigenvalue weighted by Crippen LogP contribution is 2.36. The molecule has 0 saturated heterocycles. The standard InChI is InChI=1S/C20H14F4N6O/c21-13-1-2-14-12(9-31-17(14)6-13)7-30-8-16(26-10-30)15-5-11(3-4-25-15)18-19(20(22,23)24)28-29-27-18/h1-6,8,10,12H,7,9H2,(H,27,28,29)/t12-/m0/s1. The first-order chi connectivity index (χ1) is 14.9. The number of imidazole rings is 1. The van der Waals surface area contributed by atoms with E-state index in [2.05, 4.69) is 20.3 Å². The van der Waals surface area contributed by atoms with E-state index in [0.717, 1.165) is 5.56 Å². The molecule has 11 heteroatoms. The molecule has 1 aliphatic rings. The van der Waals surface area contributed by atoms with Crippen LogP contribution < -0.4 is 4.74 Å². The average Bonchev–Trinajstić information content (AvgIpc) is 3.48. The van der Waals surface area contributed by atoms with E-state index in [9.17, 15) is 17.6 Å². The van der Waals surface area contributed by atoms with Crippen LogP contribution in [0.3, 0.4) is 0 Å². The zero-order chi connectivity index (χ0) is 21.6. The van der Waals surface area contributed by atoms with Crippen LogP contribution in [-0.2, 0) is 12.7 Å². The Morgan fingerprint density at radius 3 is 2.84 bits per heavy atom. The molecule has 7 nitrogen and oxygen atoms in total. The molecule has 0 bridgehead atoms. The third-order valence-electron chi connectivity index (χ3n) is 5.05. The first-order valence-corrected chi connectivity index (χ1v) is 9.27. The van der Waals surface area contributed by atoms with Crippen LogP contribution in [0.4, 0.5) is 17.6 Å². The quantitative estimate of drug-likeness (QED) is 0.494. The van der Waals surface area contributed by atoms with Crippen LogP contribution in [-0.4, -0.2) is 36.6 Å². The number of H-pyrrole nitrogens is 1. The summed E-state index contributed by atoms with van der Waals surface area (Å²) in [6.45, 7) is 0.971. The molecule has 0 spiro atoms. The van der Waals surface area contributed by atoms with Gasteiger partial charge in [0.15, 0.2) is 5.69 Å². The molecule has 0 saturated carbocycles. The molecule has 1 aliphatic heterocycles. The maximum atomic E-state index is 13.4. The summed E-state index contributed by atoms with van der Waals surface area (Å²) in [5.41, 5.74) is 0.715. The number of alkyl halides is 3. The minimum atomic E-state index is -4.60. The fourth-order valence-corrected chi connectivity index (χ4v) is 3.59. The van der Waals surface area contributed by atoms with Crippen LogP contribution in [0, 0.1) is 5.82 Å². The third kappa shape index (κ3) is 3.62. The summed E-state index contributed by atoms with van der Waals surface area (Å²) in [6.07, 6.45) is 0.157. The largest absolute Gasteiger partial charge is 0.492 e. The molecule has 0 fully saturated rings. The topological polar surface area (TPSA) is 81.5 Å². The van der Waals surface area contributed by atoms with Crippen molar-refractivity contribution in [3.63, 3.8) is 0 Å². The Hall–Kier alpha value is -3.76. The summed E-state index contributed by atoms with van der Waals surface area (Å²) in [6, 6.07) is 7.38. The fourth-order valence-electron chi connectivity index (χ4n) is 3.59. The second-order valence-electron chi connectivity index (χ2n) is 7.11. The average molecular weight is 430 g/mol. The van der Waals surface area contributed by atoms with E-state index in [1.54, 1.807) is 18.6 Å². The van der Waals surface area contributed by atoms with E-state index >= 15 is 0 Å². The molecule has 31 heavy (non-hydrogen) atoms. The van der Waals surface area contributed by atoms with E-state index in [4.69, 9.17) is 4.74 Å². The minimum absolute atomic E-state index is 0.0291. The molecule has 0 radical (unpaired) electrons. The van der Waals surface area contributed by atoms with Gasteiger partial charge < -0.3 is 9.30 Å². The number of aromatic amines is 1. The van der Waals surface area contributed by atoms with Gasteiger partial charge in [-0.1, -0.05) is 11.3 Å². The lowest BCUT2D eigenvalue weighted by atomic mass is 10.0. The van der Waals surface area contributed by atoms with Gasteiger partial charge in [0.25, 0.3) is 0 Å². The number of rotatable bonds is 4. The van der Waals surface area contributed by atoms with Crippen LogP contribution >= 0.6 is 0 Å². The van der Waals surface area contributed by atoms with Gasteiger partial charge in [-0.25, -0.2) is 9.37 Å². The van der Waals surface area contributed by atoms with Crippen molar-refractivity contribution in [1.29, 1.82) is 0 Å². The maximum Gasteiger partial charge on any atom is 0.435 e. The third-order valence-corrected chi connectivity index (χ3v) is 5.05. The summed E-state index contributed by atoms with van der Waals surface area (Å²) >= 11 is 0. The molecule has 4 aromatic rings. The molecule has 3 aromatic heterocycles. The van der Waals surface area contributed by atoms with Crippen molar-refractivity contribution < 1.29 is 22.3 Å². The fraction of sp³-hybridized carbons (Fsp3) is 0.200. The van der Waals surface area contributed by atoms with Gasteiger partial charge in [-0.3, -0.25) is 10.1 Å². The molecule has 1 N–H and O–H groups in total. The number of ether oxygens (including phenoxy) is 1. The van der Waals surface area contributed by atoms with Crippen molar-refractivity contribution in [2.24, 2.45) is 0 Å². The van der Waals surface area contributed by atoms with Gasteiger partial charge in [-0.05, 0) is 18.2 Å². The van der Waals surface area contributed by atoms with Crippen molar-refractivity contribution in [1.82, 2.24) is 29.9 Å². The monoisotopic (exact) mass is 430 g/mol. The Morgan fingerprint density at radius 2 is 2.00 bits per heavy atom. The highest BCUT2D eigenvalue weighted by atomic mass is 19.4. The zero-order valence-electron chi connectivity index (χ0n) is 15.8. The second-order valence-corrected chi connectivity index (χ2v) is 7.11. The van der Waals surface area contributed by atoms with Gasteiger partial charge in [-0.2, -0.15) is 13.2 Å². The minimum Gasteiger partial charge on any atom is -0.492 e. The number of pyridine rings is 1. The lowest BCUT2D eigenvalue weighted by Crippen LogP contribution is -2.09. The number of nitrogens with zero attached hydrogens (tertiary/aromatic N) is 5. The van der Waals surface area contributed by atoms with Gasteiger partial charge in [0.05, 0.1) is 18.6 Å². The van der Waals surface area contributed by atoms with Crippen molar-refractivity contribution in [2.45, 2.75) is 18.6 Å². The predicted molar refractivity (Wildman–Crippen MR) is 100 cm³/mol. The van der Waals surface area contributed by atoms with Crippen molar-refractivity contribution >= 4 is 0 Å². The Bertz CT molecular complexity index is 1250. The van der Waals surface area contributed by atoms with Crippen LogP contribution in [0.1, 0.15) is 17.2 Å². The first kappa shape index (κ1) is 19.2. The predicted octanol–water partition coefficient (Wildman–Crippen LogP) is 4.06. The van der Waals surface area contributed by atoms with Gasteiger partial charge in [0.2, 0.25) is 0 Å². The Balaban J connectivity index is 1.39. The van der Waals surface area contributed by atoms with E-state index in [0.29, 0.717) is 30.3 Å². The summed E-state index contributed by atoms with van der Waals surface area (Å²) < 4.78 is 60.2. The number of halogens is 4. The van der Waals surface area contributed by atoms with Gasteiger partial charge in [0.1, 0.15) is 23.0 Å². The normalized spacial score (nSPS) is 15.7. The highest BCUT2D eigenvalue weighted by molar-refractivity contribution is 5.67. The molecule has 0 aliphatic carbocycles. The van der Waals surface area contributed by atoms with Crippen molar-refractivity contribution in [2.75, 3.05) is 6.61 Å². The lowest BCUT2D eigenvalue weighted by molar-refractivity contribution is -0.140. The number of fused-ring (bicyclic) bond motifs is 1. The van der Waals surface area contributed by atoms with E-state index in [1.807, 2.05) is 9.67 Å². The smallest absolute Gasteiger partial charge is 0.435 e. The van der Waals surface area contributed by atoms with Gasteiger partial charge in [-0.15, -0.1) is 5.10 Å². The number of hydrogen-bond donors (Lipinski definition) is 1. The number of nitrogens with one attached hydrogen (secondary N) is 1. The molecule has 1 atom stereocenters. The summed E-state index contributed by atoms with van der Waals surface area (Å²) in [5, 5.41) is 8.75. The van der Waals surface area contributed by atoms with Crippen molar-refractivity contribution in [3.05, 3.63) is 66.1 Å². The molecular formula is C20H14F4N6O. The molecular weight excluding hydrogens is 416 g/mol. The van der Waals surface area contributed by atoms with Gasteiger partial charge in [0, 0.05) is 42.0 Å².